The van der Waals surface area contributed by atoms with Crippen LogP contribution in [0.15, 0.2) is 18.2 Å². The highest BCUT2D eigenvalue weighted by molar-refractivity contribution is 5.43. The third-order valence-corrected chi connectivity index (χ3v) is 4.21. The Labute approximate surface area is 105 Å². The SMILES string of the molecule is CC(C)(C)c1ccc2c(c1)C(CN)C(C)(C)C2. The van der Waals surface area contributed by atoms with Crippen LogP contribution in [-0.2, 0) is 11.8 Å². The second-order valence-electron chi connectivity index (χ2n) is 7.12. The van der Waals surface area contributed by atoms with Crippen LogP contribution in [0.1, 0.15) is 57.2 Å². The van der Waals surface area contributed by atoms with E-state index in [-0.39, 0.29) is 5.41 Å². The van der Waals surface area contributed by atoms with E-state index in [9.17, 15) is 0 Å². The third kappa shape index (κ3) is 2.13. The summed E-state index contributed by atoms with van der Waals surface area (Å²) in [4.78, 5) is 0. The van der Waals surface area contributed by atoms with E-state index in [1.54, 1.807) is 0 Å². The minimum absolute atomic E-state index is 0.223. The summed E-state index contributed by atoms with van der Waals surface area (Å²) in [7, 11) is 0. The van der Waals surface area contributed by atoms with Crippen LogP contribution < -0.4 is 5.73 Å². The summed E-state index contributed by atoms with van der Waals surface area (Å²) in [6.07, 6.45) is 1.16. The Morgan fingerprint density at radius 2 is 1.94 bits per heavy atom. The van der Waals surface area contributed by atoms with Crippen LogP contribution in [0.5, 0.6) is 0 Å². The largest absolute Gasteiger partial charge is 0.330 e. The Hall–Kier alpha value is -0.820. The summed E-state index contributed by atoms with van der Waals surface area (Å²) in [6.45, 7) is 12.2. The Balaban J connectivity index is 2.48. The molecule has 1 atom stereocenters. The first kappa shape index (κ1) is 12.6. The number of fused-ring (bicyclic) bond motifs is 1. The Morgan fingerprint density at radius 3 is 2.47 bits per heavy atom. The minimum atomic E-state index is 0.223. The highest BCUT2D eigenvalue weighted by Crippen LogP contribution is 2.47. The molecule has 0 bridgehead atoms. The molecular weight excluding hydrogens is 206 g/mol. The van der Waals surface area contributed by atoms with Gasteiger partial charge in [0, 0.05) is 5.92 Å². The lowest BCUT2D eigenvalue weighted by molar-refractivity contribution is 0.317. The maximum Gasteiger partial charge on any atom is 0.00184 e. The van der Waals surface area contributed by atoms with Gasteiger partial charge in [0.1, 0.15) is 0 Å². The molecule has 1 heteroatoms. The summed E-state index contributed by atoms with van der Waals surface area (Å²) in [5.74, 6) is 0.514. The van der Waals surface area contributed by atoms with Crippen molar-refractivity contribution < 1.29 is 0 Å². The average Bonchev–Trinajstić information content (AvgIpc) is 2.44. The van der Waals surface area contributed by atoms with Gasteiger partial charge in [-0.15, -0.1) is 0 Å². The fourth-order valence-electron chi connectivity index (χ4n) is 3.03. The number of benzene rings is 1. The molecule has 1 aliphatic rings. The fourth-order valence-corrected chi connectivity index (χ4v) is 3.03. The molecule has 94 valence electrons. The molecule has 0 fully saturated rings. The molecule has 1 nitrogen and oxygen atoms in total. The third-order valence-electron chi connectivity index (χ3n) is 4.21. The summed E-state index contributed by atoms with van der Waals surface area (Å²) in [5.41, 5.74) is 10.9. The molecule has 0 amide bonds. The molecule has 17 heavy (non-hydrogen) atoms. The minimum Gasteiger partial charge on any atom is -0.330 e. The standard InChI is InChI=1S/C16H25N/c1-15(2,3)12-7-6-11-9-16(4,5)14(10-17)13(11)8-12/h6-8,14H,9-10,17H2,1-5H3. The first-order valence-electron chi connectivity index (χ1n) is 6.59. The van der Waals surface area contributed by atoms with E-state index in [2.05, 4.69) is 52.8 Å². The number of rotatable bonds is 1. The van der Waals surface area contributed by atoms with Crippen molar-refractivity contribution in [1.29, 1.82) is 0 Å². The molecule has 0 saturated heterocycles. The van der Waals surface area contributed by atoms with E-state index in [4.69, 9.17) is 5.73 Å². The van der Waals surface area contributed by atoms with E-state index < -0.39 is 0 Å². The van der Waals surface area contributed by atoms with Crippen LogP contribution in [0, 0.1) is 5.41 Å². The van der Waals surface area contributed by atoms with Crippen LogP contribution >= 0.6 is 0 Å². The van der Waals surface area contributed by atoms with E-state index in [1.807, 2.05) is 0 Å². The van der Waals surface area contributed by atoms with Crippen molar-refractivity contribution in [3.8, 4) is 0 Å². The van der Waals surface area contributed by atoms with Crippen molar-refractivity contribution in [2.45, 2.75) is 52.4 Å². The molecule has 1 unspecified atom stereocenters. The van der Waals surface area contributed by atoms with Gasteiger partial charge < -0.3 is 5.73 Å². The molecule has 0 spiro atoms. The van der Waals surface area contributed by atoms with Gasteiger partial charge >= 0.3 is 0 Å². The van der Waals surface area contributed by atoms with Gasteiger partial charge in [0.15, 0.2) is 0 Å². The van der Waals surface area contributed by atoms with E-state index >= 15 is 0 Å². The molecule has 1 aromatic rings. The second-order valence-corrected chi connectivity index (χ2v) is 7.12. The van der Waals surface area contributed by atoms with Crippen LogP contribution in [0.25, 0.3) is 0 Å². The lowest BCUT2D eigenvalue weighted by atomic mass is 9.79. The summed E-state index contributed by atoms with van der Waals surface area (Å²) in [6, 6.07) is 6.99. The van der Waals surface area contributed by atoms with E-state index in [1.165, 1.54) is 16.7 Å². The van der Waals surface area contributed by atoms with Crippen LogP contribution in [0.2, 0.25) is 0 Å². The number of hydrogen-bond acceptors (Lipinski definition) is 1. The van der Waals surface area contributed by atoms with Gasteiger partial charge in [0.25, 0.3) is 0 Å². The normalized spacial score (nSPS) is 22.6. The molecule has 0 aliphatic heterocycles. The summed E-state index contributed by atoms with van der Waals surface area (Å²) in [5, 5.41) is 0. The maximum absolute atomic E-state index is 5.98. The van der Waals surface area contributed by atoms with Crippen LogP contribution in [0.4, 0.5) is 0 Å². The van der Waals surface area contributed by atoms with Gasteiger partial charge in [0.05, 0.1) is 0 Å². The quantitative estimate of drug-likeness (QED) is 0.785. The van der Waals surface area contributed by atoms with Gasteiger partial charge in [-0.1, -0.05) is 52.8 Å². The van der Waals surface area contributed by atoms with Crippen molar-refractivity contribution in [2.24, 2.45) is 11.1 Å². The lowest BCUT2D eigenvalue weighted by Crippen LogP contribution is -2.25. The Kier molecular flexibility index (Phi) is 2.86. The van der Waals surface area contributed by atoms with Gasteiger partial charge in [-0.05, 0) is 40.5 Å². The molecule has 0 saturated carbocycles. The zero-order chi connectivity index (χ0) is 12.8. The fraction of sp³-hybridized carbons (Fsp3) is 0.625. The topological polar surface area (TPSA) is 26.0 Å². The maximum atomic E-state index is 5.98. The molecule has 1 aromatic carbocycles. The van der Waals surface area contributed by atoms with Gasteiger partial charge in [-0.3, -0.25) is 0 Å². The second kappa shape index (κ2) is 3.84. The number of nitrogens with two attached hydrogens (primary N) is 1. The first-order valence-corrected chi connectivity index (χ1v) is 6.59. The molecule has 0 radical (unpaired) electrons. The monoisotopic (exact) mass is 231 g/mol. The summed E-state index contributed by atoms with van der Waals surface area (Å²) < 4.78 is 0. The zero-order valence-electron chi connectivity index (χ0n) is 11.8. The van der Waals surface area contributed by atoms with Gasteiger partial charge in [-0.2, -0.15) is 0 Å². The molecule has 2 N–H and O–H groups in total. The molecular formula is C16H25N. The highest BCUT2D eigenvalue weighted by atomic mass is 14.6. The van der Waals surface area contributed by atoms with Gasteiger partial charge in [0.2, 0.25) is 0 Å². The Bertz CT molecular complexity index is 424. The van der Waals surface area contributed by atoms with Crippen LogP contribution in [0.3, 0.4) is 0 Å². The molecule has 0 aromatic heterocycles. The van der Waals surface area contributed by atoms with E-state index in [0.29, 0.717) is 11.3 Å². The van der Waals surface area contributed by atoms with Gasteiger partial charge in [-0.25, -0.2) is 0 Å². The highest BCUT2D eigenvalue weighted by Gasteiger charge is 2.38. The van der Waals surface area contributed by atoms with Crippen LogP contribution in [-0.4, -0.2) is 6.54 Å². The van der Waals surface area contributed by atoms with Crippen molar-refractivity contribution in [2.75, 3.05) is 6.54 Å². The van der Waals surface area contributed by atoms with Crippen molar-refractivity contribution in [1.82, 2.24) is 0 Å². The zero-order valence-corrected chi connectivity index (χ0v) is 11.8. The molecule has 1 aliphatic carbocycles. The summed E-state index contributed by atoms with van der Waals surface area (Å²) >= 11 is 0. The first-order chi connectivity index (χ1) is 7.75. The predicted octanol–water partition coefficient (Wildman–Crippen LogP) is 3.61. The van der Waals surface area contributed by atoms with Crippen molar-refractivity contribution >= 4 is 0 Å². The number of hydrogen-bond donors (Lipinski definition) is 1. The smallest absolute Gasteiger partial charge is 0.00184 e. The molecule has 2 rings (SSSR count). The Morgan fingerprint density at radius 1 is 1.29 bits per heavy atom. The molecule has 0 heterocycles. The average molecular weight is 231 g/mol. The predicted molar refractivity (Wildman–Crippen MR) is 74.4 cm³/mol. The lowest BCUT2D eigenvalue weighted by Gasteiger charge is -2.27. The van der Waals surface area contributed by atoms with E-state index in [0.717, 1.165) is 13.0 Å². The van der Waals surface area contributed by atoms with Crippen molar-refractivity contribution in [3.63, 3.8) is 0 Å². The van der Waals surface area contributed by atoms with Crippen molar-refractivity contribution in [3.05, 3.63) is 34.9 Å².